The first-order valence-corrected chi connectivity index (χ1v) is 9.83. The summed E-state index contributed by atoms with van der Waals surface area (Å²) in [5, 5.41) is 0. The average molecular weight is 412 g/mol. The summed E-state index contributed by atoms with van der Waals surface area (Å²) >= 11 is 0. The highest BCUT2D eigenvalue weighted by Crippen LogP contribution is 2.57. The summed E-state index contributed by atoms with van der Waals surface area (Å²) in [6, 6.07) is 5.37. The third kappa shape index (κ3) is 3.17. The van der Waals surface area contributed by atoms with Gasteiger partial charge in [-0.1, -0.05) is 5.92 Å². The van der Waals surface area contributed by atoms with E-state index in [2.05, 4.69) is 11.8 Å². The van der Waals surface area contributed by atoms with Gasteiger partial charge in [0.15, 0.2) is 5.78 Å². The van der Waals surface area contributed by atoms with E-state index in [1.807, 2.05) is 6.07 Å². The van der Waals surface area contributed by atoms with Crippen LogP contribution in [-0.4, -0.2) is 52.1 Å². The van der Waals surface area contributed by atoms with E-state index in [-0.39, 0.29) is 29.8 Å². The van der Waals surface area contributed by atoms with Gasteiger partial charge in [-0.25, -0.2) is 4.79 Å². The minimum Gasteiger partial charge on any atom is -0.496 e. The Morgan fingerprint density at radius 1 is 1.23 bits per heavy atom. The lowest BCUT2D eigenvalue weighted by molar-refractivity contribution is -0.119. The Morgan fingerprint density at radius 2 is 2.03 bits per heavy atom. The van der Waals surface area contributed by atoms with Gasteiger partial charge in [0.2, 0.25) is 0 Å². The number of hydrogen-bond acceptors (Lipinski definition) is 7. The van der Waals surface area contributed by atoms with Crippen LogP contribution in [0.4, 0.5) is 4.79 Å². The highest BCUT2D eigenvalue weighted by molar-refractivity contribution is 6.26. The molecule has 2 fully saturated rings. The Balaban J connectivity index is 1.81. The molecule has 1 aliphatic carbocycles. The summed E-state index contributed by atoms with van der Waals surface area (Å²) in [4.78, 5) is 25.6. The second-order valence-corrected chi connectivity index (χ2v) is 7.59. The van der Waals surface area contributed by atoms with E-state index in [0.717, 1.165) is 12.0 Å². The Morgan fingerprint density at radius 3 is 2.70 bits per heavy atom. The first-order chi connectivity index (χ1) is 14.5. The van der Waals surface area contributed by atoms with Crippen LogP contribution < -0.4 is 4.74 Å². The molecule has 0 radical (unpaired) electrons. The lowest BCUT2D eigenvalue weighted by atomic mass is 9.75. The van der Waals surface area contributed by atoms with E-state index < -0.39 is 12.1 Å². The quantitative estimate of drug-likeness (QED) is 0.543. The minimum atomic E-state index is -0.861. The molecule has 0 N–H and O–H groups in total. The minimum absolute atomic E-state index is 0.111. The monoisotopic (exact) mass is 412 g/mol. The summed E-state index contributed by atoms with van der Waals surface area (Å²) < 4.78 is 27.2. The van der Waals surface area contributed by atoms with Gasteiger partial charge < -0.3 is 23.7 Å². The van der Waals surface area contributed by atoms with Gasteiger partial charge in [0.1, 0.15) is 11.5 Å². The number of Topliss-reactive ketones (excluding diaryl/α,β-unsaturated/α-hetero) is 1. The van der Waals surface area contributed by atoms with Gasteiger partial charge >= 0.3 is 6.16 Å². The van der Waals surface area contributed by atoms with Crippen LogP contribution in [0.2, 0.25) is 0 Å². The van der Waals surface area contributed by atoms with E-state index in [1.54, 1.807) is 26.2 Å². The van der Waals surface area contributed by atoms with Crippen molar-refractivity contribution in [1.82, 2.24) is 0 Å². The largest absolute Gasteiger partial charge is 0.513 e. The highest BCUT2D eigenvalue weighted by Gasteiger charge is 2.63. The molecule has 30 heavy (non-hydrogen) atoms. The Labute approximate surface area is 175 Å². The lowest BCUT2D eigenvalue weighted by Crippen LogP contribution is -2.37. The Hall–Kier alpha value is -2.82. The molecule has 4 rings (SSSR count). The summed E-state index contributed by atoms with van der Waals surface area (Å²) in [5.74, 6) is 5.89. The maximum atomic E-state index is 13.6. The number of carbonyl (C=O) groups is 2. The van der Waals surface area contributed by atoms with Crippen LogP contribution >= 0.6 is 0 Å². The van der Waals surface area contributed by atoms with Gasteiger partial charge in [0.25, 0.3) is 0 Å². The normalized spacial score (nSPS) is 28.8. The van der Waals surface area contributed by atoms with Crippen molar-refractivity contribution in [3.8, 4) is 17.6 Å². The number of ether oxygens (including phenoxy) is 5. The molecule has 0 saturated carbocycles. The molecular weight excluding hydrogens is 388 g/mol. The summed E-state index contributed by atoms with van der Waals surface area (Å²) in [6.07, 6.45) is -0.592. The van der Waals surface area contributed by atoms with E-state index in [9.17, 15) is 9.59 Å². The molecular formula is C23H24O7. The van der Waals surface area contributed by atoms with Crippen LogP contribution in [0, 0.1) is 29.6 Å². The Kier molecular flexibility index (Phi) is 5.54. The van der Waals surface area contributed by atoms with Gasteiger partial charge in [-0.15, -0.1) is 5.92 Å². The van der Waals surface area contributed by atoms with Crippen LogP contribution in [0.15, 0.2) is 24.0 Å². The first-order valence-electron chi connectivity index (χ1n) is 9.83. The number of ketones is 1. The van der Waals surface area contributed by atoms with Gasteiger partial charge in [0, 0.05) is 24.2 Å². The molecule has 0 aromatic heterocycles. The molecule has 0 amide bonds. The number of benzene rings is 1. The number of methoxy groups -OCH3 is 3. The van der Waals surface area contributed by atoms with Crippen molar-refractivity contribution in [2.24, 2.45) is 17.8 Å². The molecule has 0 unspecified atom stereocenters. The van der Waals surface area contributed by atoms with Gasteiger partial charge in [-0.05, 0) is 31.5 Å². The third-order valence-electron chi connectivity index (χ3n) is 6.05. The number of rotatable bonds is 5. The van der Waals surface area contributed by atoms with E-state index in [0.29, 0.717) is 29.3 Å². The van der Waals surface area contributed by atoms with Crippen molar-refractivity contribution in [2.45, 2.75) is 25.6 Å². The van der Waals surface area contributed by atoms with Crippen molar-refractivity contribution >= 4 is 17.5 Å². The van der Waals surface area contributed by atoms with E-state index in [4.69, 9.17) is 23.7 Å². The molecule has 3 aliphatic rings. The SMILES string of the molecule is CC#Cc1ccc(C2=C(OC(=O)OC)[C@@H]3[C@H](C2=O)[C@@H]2O[C@H]3C[C@@H]2COC)c(OC)c1. The van der Waals surface area contributed by atoms with Crippen molar-refractivity contribution in [2.75, 3.05) is 27.9 Å². The third-order valence-corrected chi connectivity index (χ3v) is 6.05. The van der Waals surface area contributed by atoms with Crippen LogP contribution in [0.3, 0.4) is 0 Å². The molecule has 0 spiro atoms. The fraction of sp³-hybridized carbons (Fsp3) is 0.478. The molecule has 2 saturated heterocycles. The molecule has 1 aromatic rings. The van der Waals surface area contributed by atoms with Crippen LogP contribution in [0.5, 0.6) is 5.75 Å². The summed E-state index contributed by atoms with van der Waals surface area (Å²) in [7, 11) is 4.41. The van der Waals surface area contributed by atoms with E-state index >= 15 is 0 Å². The van der Waals surface area contributed by atoms with Crippen LogP contribution in [0.25, 0.3) is 5.57 Å². The van der Waals surface area contributed by atoms with Crippen molar-refractivity contribution in [3.05, 3.63) is 35.1 Å². The smallest absolute Gasteiger partial charge is 0.496 e. The number of carbonyl (C=O) groups excluding carboxylic acids is 2. The highest BCUT2D eigenvalue weighted by atomic mass is 16.7. The molecule has 158 valence electrons. The Bertz CT molecular complexity index is 967. The van der Waals surface area contributed by atoms with Crippen molar-refractivity contribution in [1.29, 1.82) is 0 Å². The lowest BCUT2D eigenvalue weighted by Gasteiger charge is -2.27. The summed E-state index contributed by atoms with van der Waals surface area (Å²) in [5.41, 5.74) is 1.68. The predicted octanol–water partition coefficient (Wildman–Crippen LogP) is 2.81. The second kappa shape index (κ2) is 8.13. The first kappa shape index (κ1) is 20.5. The van der Waals surface area contributed by atoms with Crippen LogP contribution in [0.1, 0.15) is 24.5 Å². The molecule has 2 bridgehead atoms. The van der Waals surface area contributed by atoms with Crippen molar-refractivity contribution < 1.29 is 33.3 Å². The van der Waals surface area contributed by atoms with Gasteiger partial charge in [0.05, 0.1) is 50.4 Å². The number of allylic oxidation sites excluding steroid dienone is 1. The molecule has 2 heterocycles. The topological polar surface area (TPSA) is 80.3 Å². The molecule has 7 nitrogen and oxygen atoms in total. The zero-order valence-electron chi connectivity index (χ0n) is 17.4. The average Bonchev–Trinajstić information content (AvgIpc) is 3.39. The standard InChI is InChI=1S/C23H24O7/c1-5-6-12-7-8-14(15(9-12)27-3)17-20(24)19-18(22(17)30-23(25)28-4)16-10-13(11-26-2)21(19)29-16/h7-9,13,16,18-19,21H,10-11H2,1-4H3/t13-,16+,18+,19-,21-/m1/s1. The zero-order valence-corrected chi connectivity index (χ0v) is 17.4. The number of fused-ring (bicyclic) bond motifs is 5. The summed E-state index contributed by atoms with van der Waals surface area (Å²) in [6.45, 7) is 2.27. The van der Waals surface area contributed by atoms with Gasteiger partial charge in [-0.2, -0.15) is 0 Å². The maximum Gasteiger partial charge on any atom is 0.513 e. The predicted molar refractivity (Wildman–Crippen MR) is 107 cm³/mol. The molecule has 7 heteroatoms. The fourth-order valence-electron chi connectivity index (χ4n) is 4.96. The number of hydrogen-bond donors (Lipinski definition) is 0. The van der Waals surface area contributed by atoms with Crippen LogP contribution in [-0.2, 0) is 23.7 Å². The molecule has 2 aliphatic heterocycles. The maximum absolute atomic E-state index is 13.6. The fourth-order valence-corrected chi connectivity index (χ4v) is 4.96. The molecule has 1 aromatic carbocycles. The second-order valence-electron chi connectivity index (χ2n) is 7.59. The van der Waals surface area contributed by atoms with Gasteiger partial charge in [-0.3, -0.25) is 4.79 Å². The molecule has 5 atom stereocenters. The zero-order chi connectivity index (χ0) is 21.4. The van der Waals surface area contributed by atoms with E-state index in [1.165, 1.54) is 14.2 Å². The van der Waals surface area contributed by atoms with Crippen molar-refractivity contribution in [3.63, 3.8) is 0 Å².